The second-order valence-electron chi connectivity index (χ2n) is 12.5. The summed E-state index contributed by atoms with van der Waals surface area (Å²) in [7, 11) is 0. The molecule has 4 aromatic heterocycles. The minimum absolute atomic E-state index is 0.643. The van der Waals surface area contributed by atoms with E-state index in [-0.39, 0.29) is 0 Å². The summed E-state index contributed by atoms with van der Waals surface area (Å²) >= 11 is 0. The van der Waals surface area contributed by atoms with Gasteiger partial charge in [0.2, 0.25) is 0 Å². The van der Waals surface area contributed by atoms with Crippen LogP contribution in [0.1, 0.15) is 0 Å². The Bertz CT molecular complexity index is 2760. The molecule has 0 bridgehead atoms. The van der Waals surface area contributed by atoms with E-state index >= 15 is 0 Å². The number of benzene rings is 6. The van der Waals surface area contributed by atoms with Gasteiger partial charge < -0.3 is 8.98 Å². The summed E-state index contributed by atoms with van der Waals surface area (Å²) in [5.41, 5.74) is 12.3. The zero-order chi connectivity index (χ0) is 33.0. The molecule has 0 aliphatic carbocycles. The number of rotatable bonds is 5. The van der Waals surface area contributed by atoms with Crippen molar-refractivity contribution in [2.45, 2.75) is 0 Å². The maximum absolute atomic E-state index is 6.51. The Kier molecular flexibility index (Phi) is 6.42. The summed E-state index contributed by atoms with van der Waals surface area (Å²) < 4.78 is 8.85. The van der Waals surface area contributed by atoms with E-state index in [2.05, 4.69) is 108 Å². The van der Waals surface area contributed by atoms with Gasteiger partial charge in [-0.1, -0.05) is 109 Å². The van der Waals surface area contributed by atoms with Crippen LogP contribution >= 0.6 is 0 Å². The van der Waals surface area contributed by atoms with E-state index in [9.17, 15) is 0 Å². The predicted molar refractivity (Wildman–Crippen MR) is 203 cm³/mol. The van der Waals surface area contributed by atoms with Gasteiger partial charge in [0.1, 0.15) is 11.1 Å². The fourth-order valence-corrected chi connectivity index (χ4v) is 7.15. The Morgan fingerprint density at radius 1 is 0.460 bits per heavy atom. The van der Waals surface area contributed by atoms with Crippen molar-refractivity contribution in [3.8, 4) is 50.7 Å². The lowest BCUT2D eigenvalue weighted by atomic mass is 10.0. The van der Waals surface area contributed by atoms with Gasteiger partial charge >= 0.3 is 0 Å². The fourth-order valence-electron chi connectivity index (χ4n) is 7.15. The van der Waals surface area contributed by atoms with E-state index in [4.69, 9.17) is 19.4 Å². The van der Waals surface area contributed by atoms with Crippen LogP contribution in [0.5, 0.6) is 0 Å². The molecule has 0 spiro atoms. The quantitative estimate of drug-likeness (QED) is 0.188. The molecule has 4 heterocycles. The predicted octanol–water partition coefficient (Wildman–Crippen LogP) is 11.5. The monoisotopic (exact) mass is 640 g/mol. The van der Waals surface area contributed by atoms with E-state index in [0.29, 0.717) is 5.82 Å². The number of hydrogen-bond acceptors (Lipinski definition) is 4. The number of aromatic nitrogens is 4. The third-order valence-corrected chi connectivity index (χ3v) is 9.45. The van der Waals surface area contributed by atoms with E-state index in [1.54, 1.807) is 0 Å². The largest absolute Gasteiger partial charge is 0.454 e. The number of para-hydroxylation sites is 3. The van der Waals surface area contributed by atoms with Gasteiger partial charge in [-0.3, -0.25) is 4.98 Å². The first-order valence-electron chi connectivity index (χ1n) is 16.7. The Balaban J connectivity index is 1.29. The summed E-state index contributed by atoms with van der Waals surface area (Å²) in [5.74, 6) is 0.643. The van der Waals surface area contributed by atoms with Crippen molar-refractivity contribution in [3.05, 3.63) is 170 Å². The highest BCUT2D eigenvalue weighted by Gasteiger charge is 2.19. The molecule has 10 rings (SSSR count). The summed E-state index contributed by atoms with van der Waals surface area (Å²) in [6.45, 7) is 0. The first-order chi connectivity index (χ1) is 24.8. The highest BCUT2D eigenvalue weighted by Crippen LogP contribution is 2.39. The van der Waals surface area contributed by atoms with Crippen LogP contribution in [-0.2, 0) is 0 Å². The number of nitrogens with zero attached hydrogens (tertiary/aromatic N) is 4. The molecule has 6 aromatic carbocycles. The smallest absolute Gasteiger partial charge is 0.161 e. The van der Waals surface area contributed by atoms with Gasteiger partial charge in [0.25, 0.3) is 0 Å². The summed E-state index contributed by atoms with van der Waals surface area (Å²) in [6.07, 6.45) is 1.87. The average Bonchev–Trinajstić information content (AvgIpc) is 3.74. The van der Waals surface area contributed by atoms with Gasteiger partial charge in [0.15, 0.2) is 11.4 Å². The molecule has 0 saturated carbocycles. The molecule has 10 aromatic rings. The van der Waals surface area contributed by atoms with E-state index < -0.39 is 0 Å². The molecular weight excluding hydrogens is 613 g/mol. The SMILES string of the molecule is c1ccc(-c2cc(-c3ccccc3)nc(-c3cc(-c4ccnc5c4oc4ccccc45)cc(-n4c5ccccc5c5ccccc54)c3)n2)cc1. The molecular formula is C45H28N4O. The molecule has 50 heavy (non-hydrogen) atoms. The summed E-state index contributed by atoms with van der Waals surface area (Å²) in [4.78, 5) is 15.2. The normalized spacial score (nSPS) is 11.6. The summed E-state index contributed by atoms with van der Waals surface area (Å²) in [6, 6.07) is 56.6. The zero-order valence-corrected chi connectivity index (χ0v) is 26.9. The van der Waals surface area contributed by atoms with E-state index in [1.807, 2.05) is 66.9 Å². The Hall–Kier alpha value is -6.85. The lowest BCUT2D eigenvalue weighted by Gasteiger charge is -2.15. The Labute approximate surface area is 287 Å². The van der Waals surface area contributed by atoms with Gasteiger partial charge in [-0.2, -0.15) is 0 Å². The standard InChI is InChI=1S/C45H28N4O/c1-3-13-29(14-4-1)38-28-39(30-15-5-2-6-16-30)48-45(47-38)32-25-31(34-23-24-46-43-37-19-9-12-22-42(37)50-44(34)43)26-33(27-32)49-40-20-10-7-17-35(40)36-18-8-11-21-41(36)49/h1-28H. The maximum atomic E-state index is 6.51. The van der Waals surface area contributed by atoms with Gasteiger partial charge in [-0.25, -0.2) is 9.97 Å². The van der Waals surface area contributed by atoms with Crippen LogP contribution in [-0.4, -0.2) is 19.5 Å². The Morgan fingerprint density at radius 3 is 1.68 bits per heavy atom. The van der Waals surface area contributed by atoms with Crippen molar-refractivity contribution in [2.75, 3.05) is 0 Å². The first-order valence-corrected chi connectivity index (χ1v) is 16.7. The van der Waals surface area contributed by atoms with Crippen LogP contribution < -0.4 is 0 Å². The van der Waals surface area contributed by atoms with Gasteiger partial charge in [-0.15, -0.1) is 0 Å². The Morgan fingerprint density at radius 2 is 1.02 bits per heavy atom. The number of pyridine rings is 1. The second kappa shape index (κ2) is 11.4. The molecule has 0 unspecified atom stereocenters. The molecule has 0 radical (unpaired) electrons. The molecule has 0 N–H and O–H groups in total. The highest BCUT2D eigenvalue weighted by molar-refractivity contribution is 6.10. The third-order valence-electron chi connectivity index (χ3n) is 9.45. The molecule has 0 atom stereocenters. The van der Waals surface area contributed by atoms with Crippen LogP contribution in [0.3, 0.4) is 0 Å². The van der Waals surface area contributed by atoms with Gasteiger partial charge in [0, 0.05) is 50.3 Å². The minimum Gasteiger partial charge on any atom is -0.454 e. The number of hydrogen-bond donors (Lipinski definition) is 0. The van der Waals surface area contributed by atoms with Crippen LogP contribution in [0.15, 0.2) is 174 Å². The summed E-state index contributed by atoms with van der Waals surface area (Å²) in [5, 5.41) is 3.40. The van der Waals surface area contributed by atoms with Crippen LogP contribution in [0, 0.1) is 0 Å². The molecule has 5 heteroatoms. The molecule has 0 fully saturated rings. The highest BCUT2D eigenvalue weighted by atomic mass is 16.3. The maximum Gasteiger partial charge on any atom is 0.161 e. The third kappa shape index (κ3) is 4.60. The van der Waals surface area contributed by atoms with Crippen LogP contribution in [0.2, 0.25) is 0 Å². The van der Waals surface area contributed by atoms with Gasteiger partial charge in [-0.05, 0) is 60.2 Å². The second-order valence-corrected chi connectivity index (χ2v) is 12.5. The molecule has 0 aliphatic rings. The zero-order valence-electron chi connectivity index (χ0n) is 26.9. The van der Waals surface area contributed by atoms with Crippen molar-refractivity contribution >= 4 is 43.9 Å². The van der Waals surface area contributed by atoms with Crippen molar-refractivity contribution in [1.82, 2.24) is 19.5 Å². The lowest BCUT2D eigenvalue weighted by Crippen LogP contribution is -1.99. The van der Waals surface area contributed by atoms with Crippen molar-refractivity contribution in [3.63, 3.8) is 0 Å². The topological polar surface area (TPSA) is 56.7 Å². The molecule has 0 saturated heterocycles. The van der Waals surface area contributed by atoms with Crippen molar-refractivity contribution in [1.29, 1.82) is 0 Å². The lowest BCUT2D eigenvalue weighted by molar-refractivity contribution is 0.669. The minimum atomic E-state index is 0.643. The first kappa shape index (κ1) is 28.2. The van der Waals surface area contributed by atoms with E-state index in [1.165, 1.54) is 10.8 Å². The van der Waals surface area contributed by atoms with Crippen molar-refractivity contribution < 1.29 is 4.42 Å². The number of furan rings is 1. The molecule has 0 amide bonds. The van der Waals surface area contributed by atoms with E-state index in [0.717, 1.165) is 78.0 Å². The molecule has 0 aliphatic heterocycles. The van der Waals surface area contributed by atoms with Crippen molar-refractivity contribution in [2.24, 2.45) is 0 Å². The van der Waals surface area contributed by atoms with Crippen LogP contribution in [0.4, 0.5) is 0 Å². The van der Waals surface area contributed by atoms with Gasteiger partial charge in [0.05, 0.1) is 22.4 Å². The van der Waals surface area contributed by atoms with Crippen LogP contribution in [0.25, 0.3) is 94.6 Å². The average molecular weight is 641 g/mol. The number of fused-ring (bicyclic) bond motifs is 6. The fraction of sp³-hybridized carbons (Fsp3) is 0. The molecule has 5 nitrogen and oxygen atoms in total. The molecule has 234 valence electrons.